The number of nitrogens with one attached hydrogen (secondary N) is 1. The summed E-state index contributed by atoms with van der Waals surface area (Å²) in [7, 11) is 1.36. The molecule has 1 N–H and O–H groups in total. The van der Waals surface area contributed by atoms with Crippen molar-refractivity contribution in [2.75, 3.05) is 12.4 Å². The highest BCUT2D eigenvalue weighted by molar-refractivity contribution is 5.85. The van der Waals surface area contributed by atoms with E-state index in [0.29, 0.717) is 5.82 Å². The van der Waals surface area contributed by atoms with Crippen LogP contribution in [0.1, 0.15) is 6.92 Å². The first-order valence-corrected chi connectivity index (χ1v) is 3.99. The summed E-state index contributed by atoms with van der Waals surface area (Å²) in [6.07, 6.45) is 1.66. The van der Waals surface area contributed by atoms with Gasteiger partial charge in [0.25, 0.3) is 0 Å². The van der Waals surface area contributed by atoms with Crippen LogP contribution >= 0.6 is 24.8 Å². The van der Waals surface area contributed by atoms with Gasteiger partial charge in [-0.05, 0) is 19.1 Å². The molecule has 6 heteroatoms. The molecule has 0 spiro atoms. The highest BCUT2D eigenvalue weighted by Crippen LogP contribution is 2.02. The highest BCUT2D eigenvalue weighted by atomic mass is 35.5. The highest BCUT2D eigenvalue weighted by Gasteiger charge is 2.11. The number of halogens is 2. The van der Waals surface area contributed by atoms with Gasteiger partial charge in [-0.2, -0.15) is 0 Å². The Morgan fingerprint density at radius 3 is 2.60 bits per heavy atom. The van der Waals surface area contributed by atoms with Gasteiger partial charge in [0.15, 0.2) is 0 Å². The summed E-state index contributed by atoms with van der Waals surface area (Å²) >= 11 is 0. The Labute approximate surface area is 101 Å². The number of methoxy groups -OCH3 is 1. The molecule has 0 amide bonds. The monoisotopic (exact) mass is 252 g/mol. The first-order valence-electron chi connectivity index (χ1n) is 3.99. The summed E-state index contributed by atoms with van der Waals surface area (Å²) in [5.74, 6) is 0.367. The number of nitrogens with zero attached hydrogens (tertiary/aromatic N) is 1. The number of ether oxygens (including phenoxy) is 1. The number of carbonyl (C=O) groups excluding carboxylic acids is 1. The number of hydrogen-bond acceptors (Lipinski definition) is 4. The van der Waals surface area contributed by atoms with Gasteiger partial charge in [-0.15, -0.1) is 24.8 Å². The van der Waals surface area contributed by atoms with Gasteiger partial charge in [0.05, 0.1) is 7.11 Å². The SMILES string of the molecule is COC(=O)C(C)Nc1ccccn1.Cl.Cl. The summed E-state index contributed by atoms with van der Waals surface area (Å²) in [4.78, 5) is 15.0. The van der Waals surface area contributed by atoms with Crippen LogP contribution < -0.4 is 5.32 Å². The number of carbonyl (C=O) groups is 1. The van der Waals surface area contributed by atoms with Crippen LogP contribution in [0, 0.1) is 0 Å². The van der Waals surface area contributed by atoms with Crippen LogP contribution in [0.5, 0.6) is 0 Å². The molecule has 1 atom stereocenters. The quantitative estimate of drug-likeness (QED) is 0.836. The molecule has 0 fully saturated rings. The van der Waals surface area contributed by atoms with Crippen LogP contribution in [0.3, 0.4) is 0 Å². The molecule has 0 aromatic carbocycles. The lowest BCUT2D eigenvalue weighted by Gasteiger charge is -2.11. The maximum absolute atomic E-state index is 11.0. The van der Waals surface area contributed by atoms with Crippen molar-refractivity contribution in [3.05, 3.63) is 24.4 Å². The van der Waals surface area contributed by atoms with Crippen molar-refractivity contribution in [2.24, 2.45) is 0 Å². The molecule has 0 bridgehead atoms. The number of esters is 1. The Balaban J connectivity index is 0. The molecule has 1 aromatic heterocycles. The molecule has 0 aliphatic carbocycles. The van der Waals surface area contributed by atoms with E-state index in [1.807, 2.05) is 12.1 Å². The average molecular weight is 253 g/mol. The maximum atomic E-state index is 11.0. The molecule has 4 nitrogen and oxygen atoms in total. The van der Waals surface area contributed by atoms with E-state index in [1.54, 1.807) is 19.2 Å². The molecule has 15 heavy (non-hydrogen) atoms. The fourth-order valence-electron chi connectivity index (χ4n) is 0.906. The number of aromatic nitrogens is 1. The summed E-state index contributed by atoms with van der Waals surface area (Å²) in [6, 6.07) is 5.08. The fraction of sp³-hybridized carbons (Fsp3) is 0.333. The molecular formula is C9H14Cl2N2O2. The number of pyridine rings is 1. The molecule has 1 aromatic rings. The number of anilines is 1. The predicted molar refractivity (Wildman–Crippen MR) is 63.8 cm³/mol. The van der Waals surface area contributed by atoms with Crippen LogP contribution in [0.4, 0.5) is 5.82 Å². The van der Waals surface area contributed by atoms with E-state index in [2.05, 4.69) is 15.0 Å². The van der Waals surface area contributed by atoms with Crippen molar-refractivity contribution in [2.45, 2.75) is 13.0 Å². The third-order valence-electron chi connectivity index (χ3n) is 1.58. The van der Waals surface area contributed by atoms with Crippen LogP contribution in [-0.2, 0) is 9.53 Å². The summed E-state index contributed by atoms with van der Waals surface area (Å²) in [5, 5.41) is 2.91. The van der Waals surface area contributed by atoms with Crippen molar-refractivity contribution in [1.82, 2.24) is 4.98 Å². The van der Waals surface area contributed by atoms with E-state index >= 15 is 0 Å². The molecular weight excluding hydrogens is 239 g/mol. The van der Waals surface area contributed by atoms with Gasteiger partial charge in [-0.25, -0.2) is 9.78 Å². The summed E-state index contributed by atoms with van der Waals surface area (Å²) in [5.41, 5.74) is 0. The largest absolute Gasteiger partial charge is 0.467 e. The van der Waals surface area contributed by atoms with Gasteiger partial charge in [-0.1, -0.05) is 6.07 Å². The molecule has 0 saturated carbocycles. The number of rotatable bonds is 3. The Morgan fingerprint density at radius 2 is 2.13 bits per heavy atom. The van der Waals surface area contributed by atoms with Gasteiger partial charge >= 0.3 is 5.97 Å². The lowest BCUT2D eigenvalue weighted by atomic mass is 10.3. The van der Waals surface area contributed by atoms with E-state index in [1.165, 1.54) is 7.11 Å². The average Bonchev–Trinajstić information content (AvgIpc) is 2.18. The first-order chi connectivity index (χ1) is 6.24. The van der Waals surface area contributed by atoms with E-state index in [4.69, 9.17) is 0 Å². The predicted octanol–water partition coefficient (Wildman–Crippen LogP) is 1.90. The third-order valence-corrected chi connectivity index (χ3v) is 1.58. The van der Waals surface area contributed by atoms with E-state index in [9.17, 15) is 4.79 Å². The van der Waals surface area contributed by atoms with Gasteiger partial charge in [-0.3, -0.25) is 0 Å². The zero-order valence-electron chi connectivity index (χ0n) is 8.47. The van der Waals surface area contributed by atoms with Crippen molar-refractivity contribution >= 4 is 36.6 Å². The van der Waals surface area contributed by atoms with Crippen LogP contribution in [0.25, 0.3) is 0 Å². The molecule has 1 rings (SSSR count). The van der Waals surface area contributed by atoms with Crippen molar-refractivity contribution in [3.8, 4) is 0 Å². The lowest BCUT2D eigenvalue weighted by Crippen LogP contribution is -2.27. The molecule has 86 valence electrons. The topological polar surface area (TPSA) is 51.2 Å². The Kier molecular flexibility index (Phi) is 9.11. The molecule has 1 unspecified atom stereocenters. The van der Waals surface area contributed by atoms with Gasteiger partial charge in [0, 0.05) is 6.20 Å². The van der Waals surface area contributed by atoms with Crippen molar-refractivity contribution in [3.63, 3.8) is 0 Å². The minimum absolute atomic E-state index is 0. The Hall–Kier alpha value is -1.000. The van der Waals surface area contributed by atoms with E-state index in [-0.39, 0.29) is 36.8 Å². The summed E-state index contributed by atoms with van der Waals surface area (Å²) < 4.78 is 4.55. The van der Waals surface area contributed by atoms with Crippen LogP contribution in [0.15, 0.2) is 24.4 Å². The zero-order chi connectivity index (χ0) is 9.68. The minimum Gasteiger partial charge on any atom is -0.467 e. The molecule has 0 aliphatic heterocycles. The standard InChI is InChI=1S/C9H12N2O2.2ClH/c1-7(9(12)13-2)11-8-5-3-4-6-10-8;;/h3-7H,1-2H3,(H,10,11);2*1H. The van der Waals surface area contributed by atoms with Crippen molar-refractivity contribution < 1.29 is 9.53 Å². The van der Waals surface area contributed by atoms with Crippen LogP contribution in [-0.4, -0.2) is 24.1 Å². The zero-order valence-corrected chi connectivity index (χ0v) is 10.1. The first kappa shape index (κ1) is 16.4. The van der Waals surface area contributed by atoms with Crippen molar-refractivity contribution in [1.29, 1.82) is 0 Å². The van der Waals surface area contributed by atoms with Gasteiger partial charge < -0.3 is 10.1 Å². The second-order valence-corrected chi connectivity index (χ2v) is 2.60. The second-order valence-electron chi connectivity index (χ2n) is 2.60. The van der Waals surface area contributed by atoms with Crippen LogP contribution in [0.2, 0.25) is 0 Å². The van der Waals surface area contributed by atoms with Gasteiger partial charge in [0.2, 0.25) is 0 Å². The van der Waals surface area contributed by atoms with E-state index in [0.717, 1.165) is 0 Å². The minimum atomic E-state index is -0.375. The Morgan fingerprint density at radius 1 is 1.47 bits per heavy atom. The third kappa shape index (κ3) is 5.44. The number of hydrogen-bond donors (Lipinski definition) is 1. The summed E-state index contributed by atoms with van der Waals surface area (Å²) in [6.45, 7) is 1.72. The van der Waals surface area contributed by atoms with Gasteiger partial charge in [0.1, 0.15) is 11.9 Å². The fourth-order valence-corrected chi connectivity index (χ4v) is 0.906. The normalized spacial score (nSPS) is 10.3. The molecule has 0 saturated heterocycles. The molecule has 1 heterocycles. The van der Waals surface area contributed by atoms with E-state index < -0.39 is 0 Å². The lowest BCUT2D eigenvalue weighted by molar-refractivity contribution is -0.141. The molecule has 0 radical (unpaired) electrons. The smallest absolute Gasteiger partial charge is 0.328 e. The second kappa shape index (κ2) is 8.32. The molecule has 0 aliphatic rings. The maximum Gasteiger partial charge on any atom is 0.328 e. The Bertz CT molecular complexity index is 283.